The SMILES string of the molecule is COc1ccc(/C=N/NC(=O)CSc2nc3ccccc3c(=O)n2-c2ccccc2)cc1Br. The predicted octanol–water partition coefficient (Wildman–Crippen LogP) is 4.40. The molecule has 1 aromatic heterocycles. The Bertz CT molecular complexity index is 1390. The standard InChI is InChI=1S/C24H19BrN4O3S/c1-32-21-12-11-16(13-19(21)25)14-26-28-22(30)15-33-24-27-20-10-6-5-9-18(20)23(31)29(24)17-7-3-2-4-8-17/h2-14H,15H2,1H3,(H,28,30)/b26-14+. The maximum atomic E-state index is 13.2. The summed E-state index contributed by atoms with van der Waals surface area (Å²) in [4.78, 5) is 30.2. The zero-order valence-electron chi connectivity index (χ0n) is 17.6. The number of fused-ring (bicyclic) bond motifs is 1. The van der Waals surface area contributed by atoms with Crippen molar-refractivity contribution in [3.63, 3.8) is 0 Å². The molecular formula is C24H19BrN4O3S. The highest BCUT2D eigenvalue weighted by Gasteiger charge is 2.14. The molecule has 4 aromatic rings. The number of para-hydroxylation sites is 2. The minimum atomic E-state index is -0.314. The molecule has 3 aromatic carbocycles. The molecule has 0 radical (unpaired) electrons. The second-order valence-electron chi connectivity index (χ2n) is 6.86. The van der Waals surface area contributed by atoms with Gasteiger partial charge in [-0.25, -0.2) is 10.4 Å². The Morgan fingerprint density at radius 2 is 1.91 bits per heavy atom. The number of hydrogen-bond donors (Lipinski definition) is 1. The van der Waals surface area contributed by atoms with E-state index in [0.717, 1.165) is 10.0 Å². The number of amides is 1. The number of carbonyl (C=O) groups is 1. The Morgan fingerprint density at radius 1 is 1.15 bits per heavy atom. The van der Waals surface area contributed by atoms with Crippen molar-refractivity contribution in [2.45, 2.75) is 5.16 Å². The third-order valence-corrected chi connectivity index (χ3v) is 6.23. The van der Waals surface area contributed by atoms with Crippen molar-refractivity contribution in [2.75, 3.05) is 12.9 Å². The number of nitrogens with one attached hydrogen (secondary N) is 1. The van der Waals surface area contributed by atoms with Crippen molar-refractivity contribution in [1.29, 1.82) is 0 Å². The molecule has 0 unspecified atom stereocenters. The number of benzene rings is 3. The molecule has 0 atom stereocenters. The van der Waals surface area contributed by atoms with Crippen LogP contribution in [0.25, 0.3) is 16.6 Å². The molecule has 1 heterocycles. The summed E-state index contributed by atoms with van der Waals surface area (Å²) in [5, 5.41) is 4.96. The number of aromatic nitrogens is 2. The molecule has 1 amide bonds. The van der Waals surface area contributed by atoms with Gasteiger partial charge < -0.3 is 4.74 Å². The second kappa shape index (κ2) is 10.5. The van der Waals surface area contributed by atoms with Crippen molar-refractivity contribution >= 4 is 50.7 Å². The fourth-order valence-corrected chi connectivity index (χ4v) is 4.48. The van der Waals surface area contributed by atoms with Crippen molar-refractivity contribution in [2.24, 2.45) is 5.10 Å². The summed E-state index contributed by atoms with van der Waals surface area (Å²) >= 11 is 4.59. The minimum absolute atomic E-state index is 0.0429. The smallest absolute Gasteiger partial charge is 0.266 e. The highest BCUT2D eigenvalue weighted by molar-refractivity contribution is 9.10. The second-order valence-corrected chi connectivity index (χ2v) is 8.66. The van der Waals surface area contributed by atoms with Gasteiger partial charge in [0.25, 0.3) is 11.5 Å². The molecule has 0 saturated carbocycles. The lowest BCUT2D eigenvalue weighted by Crippen LogP contribution is -2.24. The molecule has 0 saturated heterocycles. The van der Waals surface area contributed by atoms with E-state index in [2.05, 4.69) is 31.4 Å². The zero-order valence-corrected chi connectivity index (χ0v) is 20.0. The average molecular weight is 523 g/mol. The molecule has 0 fully saturated rings. The van der Waals surface area contributed by atoms with Gasteiger partial charge in [0.1, 0.15) is 5.75 Å². The number of halogens is 1. The number of hydrogen-bond acceptors (Lipinski definition) is 6. The summed E-state index contributed by atoms with van der Waals surface area (Å²) in [5.41, 5.74) is 4.39. The van der Waals surface area contributed by atoms with Crippen LogP contribution in [0.2, 0.25) is 0 Å². The topological polar surface area (TPSA) is 85.6 Å². The first-order valence-electron chi connectivity index (χ1n) is 9.92. The predicted molar refractivity (Wildman–Crippen MR) is 134 cm³/mol. The van der Waals surface area contributed by atoms with Crippen LogP contribution in [0.15, 0.2) is 92.3 Å². The molecule has 0 bridgehead atoms. The zero-order chi connectivity index (χ0) is 23.2. The molecule has 7 nitrogen and oxygen atoms in total. The van der Waals surface area contributed by atoms with Gasteiger partial charge in [-0.3, -0.25) is 14.2 Å². The van der Waals surface area contributed by atoms with Crippen molar-refractivity contribution in [3.05, 3.63) is 93.2 Å². The summed E-state index contributed by atoms with van der Waals surface area (Å²) in [7, 11) is 1.59. The van der Waals surface area contributed by atoms with E-state index in [4.69, 9.17) is 4.74 Å². The molecule has 1 N–H and O–H groups in total. The van der Waals surface area contributed by atoms with Gasteiger partial charge in [-0.15, -0.1) is 0 Å². The lowest BCUT2D eigenvalue weighted by atomic mass is 10.2. The number of rotatable bonds is 7. The molecule has 33 heavy (non-hydrogen) atoms. The molecular weight excluding hydrogens is 504 g/mol. The van der Waals surface area contributed by atoms with Gasteiger partial charge in [0.05, 0.1) is 40.1 Å². The lowest BCUT2D eigenvalue weighted by molar-refractivity contribution is -0.118. The van der Waals surface area contributed by atoms with Gasteiger partial charge >= 0.3 is 0 Å². The fraction of sp³-hybridized carbons (Fsp3) is 0.0833. The monoisotopic (exact) mass is 522 g/mol. The number of nitrogens with zero attached hydrogens (tertiary/aromatic N) is 3. The molecule has 0 aliphatic rings. The summed E-state index contributed by atoms with van der Waals surface area (Å²) in [6, 6.07) is 21.9. The lowest BCUT2D eigenvalue weighted by Gasteiger charge is -2.12. The minimum Gasteiger partial charge on any atom is -0.496 e. The van der Waals surface area contributed by atoms with Crippen LogP contribution in [0, 0.1) is 0 Å². The highest BCUT2D eigenvalue weighted by Crippen LogP contribution is 2.25. The largest absolute Gasteiger partial charge is 0.496 e. The molecule has 166 valence electrons. The van der Waals surface area contributed by atoms with E-state index in [1.165, 1.54) is 16.3 Å². The molecule has 9 heteroatoms. The summed E-state index contributed by atoms with van der Waals surface area (Å²) < 4.78 is 7.51. The average Bonchev–Trinajstić information content (AvgIpc) is 2.83. The van der Waals surface area contributed by atoms with Gasteiger partial charge in [0.15, 0.2) is 5.16 Å². The first-order valence-corrected chi connectivity index (χ1v) is 11.7. The number of thioether (sulfide) groups is 1. The van der Waals surface area contributed by atoms with Crippen molar-refractivity contribution in [1.82, 2.24) is 15.0 Å². The number of carbonyl (C=O) groups excluding carboxylic acids is 1. The van der Waals surface area contributed by atoms with Crippen molar-refractivity contribution in [3.8, 4) is 11.4 Å². The van der Waals surface area contributed by atoms with E-state index in [-0.39, 0.29) is 17.2 Å². The highest BCUT2D eigenvalue weighted by atomic mass is 79.9. The van der Waals surface area contributed by atoms with Crippen LogP contribution in [0.5, 0.6) is 5.75 Å². The third kappa shape index (κ3) is 5.32. The van der Waals surface area contributed by atoms with Gasteiger partial charge in [0, 0.05) is 0 Å². The Balaban J connectivity index is 1.51. The van der Waals surface area contributed by atoms with Gasteiger partial charge in [-0.2, -0.15) is 5.10 Å². The molecule has 0 aliphatic heterocycles. The first kappa shape index (κ1) is 22.8. The summed E-state index contributed by atoms with van der Waals surface area (Å²) in [6.07, 6.45) is 1.54. The quantitative estimate of drug-likeness (QED) is 0.168. The van der Waals surface area contributed by atoms with E-state index < -0.39 is 0 Å². The molecule has 0 spiro atoms. The molecule has 4 rings (SSSR count). The van der Waals surface area contributed by atoms with E-state index >= 15 is 0 Å². The van der Waals surface area contributed by atoms with Crippen molar-refractivity contribution < 1.29 is 9.53 Å². The Labute approximate surface area is 202 Å². The third-order valence-electron chi connectivity index (χ3n) is 4.67. The van der Waals surface area contributed by atoms with Crippen LogP contribution in [0.1, 0.15) is 5.56 Å². The Kier molecular flexibility index (Phi) is 7.21. The first-order chi connectivity index (χ1) is 16.1. The van der Waals surface area contributed by atoms with Gasteiger partial charge in [-0.1, -0.05) is 42.1 Å². The Morgan fingerprint density at radius 3 is 2.67 bits per heavy atom. The van der Waals surface area contributed by atoms with Gasteiger partial charge in [0.2, 0.25) is 0 Å². The van der Waals surface area contributed by atoms with E-state index in [9.17, 15) is 9.59 Å². The van der Waals surface area contributed by atoms with E-state index in [1.54, 1.807) is 37.6 Å². The van der Waals surface area contributed by atoms with Gasteiger partial charge in [-0.05, 0) is 64.0 Å². The van der Waals surface area contributed by atoms with Crippen LogP contribution in [0.4, 0.5) is 0 Å². The molecule has 0 aliphatic carbocycles. The normalized spacial score (nSPS) is 11.1. The maximum absolute atomic E-state index is 13.2. The number of ether oxygens (including phenoxy) is 1. The van der Waals surface area contributed by atoms with Crippen LogP contribution >= 0.6 is 27.7 Å². The number of hydrazone groups is 1. The van der Waals surface area contributed by atoms with E-state index in [1.807, 2.05) is 48.5 Å². The number of methoxy groups -OCH3 is 1. The van der Waals surface area contributed by atoms with Crippen LogP contribution in [-0.4, -0.2) is 34.5 Å². The summed E-state index contributed by atoms with van der Waals surface area (Å²) in [6.45, 7) is 0. The maximum Gasteiger partial charge on any atom is 0.266 e. The fourth-order valence-electron chi connectivity index (χ4n) is 3.12. The Hall–Kier alpha value is -3.43. The summed E-state index contributed by atoms with van der Waals surface area (Å²) in [5.74, 6) is 0.437. The van der Waals surface area contributed by atoms with Crippen LogP contribution in [-0.2, 0) is 4.79 Å². The van der Waals surface area contributed by atoms with Crippen LogP contribution in [0.3, 0.4) is 0 Å². The van der Waals surface area contributed by atoms with Crippen LogP contribution < -0.4 is 15.7 Å². The van der Waals surface area contributed by atoms with E-state index in [0.29, 0.717) is 27.5 Å².